The molecule has 1 heterocycles. The molecule has 2 rings (SSSR count). The van der Waals surface area contributed by atoms with Gasteiger partial charge in [-0.15, -0.1) is 11.6 Å². The molecule has 0 amide bonds. The van der Waals surface area contributed by atoms with Crippen LogP contribution in [0, 0.1) is 5.92 Å². The topological polar surface area (TPSA) is 3.24 Å². The molecular formula is C14H17ClF3N. The molecule has 106 valence electrons. The van der Waals surface area contributed by atoms with E-state index >= 15 is 0 Å². The molecule has 0 bridgehead atoms. The van der Waals surface area contributed by atoms with Crippen LogP contribution in [0.15, 0.2) is 24.3 Å². The maximum Gasteiger partial charge on any atom is 0.416 e. The van der Waals surface area contributed by atoms with Gasteiger partial charge in [-0.2, -0.15) is 13.2 Å². The molecule has 5 heteroatoms. The highest BCUT2D eigenvalue weighted by Gasteiger charge is 2.30. The number of benzene rings is 1. The third-order valence-electron chi connectivity index (χ3n) is 3.51. The fraction of sp³-hybridized carbons (Fsp3) is 0.571. The van der Waals surface area contributed by atoms with Gasteiger partial charge in [0.15, 0.2) is 0 Å². The smallest absolute Gasteiger partial charge is 0.299 e. The van der Waals surface area contributed by atoms with E-state index in [4.69, 9.17) is 11.6 Å². The summed E-state index contributed by atoms with van der Waals surface area (Å²) in [5.74, 6) is 1.16. The lowest BCUT2D eigenvalue weighted by molar-refractivity contribution is -0.137. The Morgan fingerprint density at radius 1 is 1.21 bits per heavy atom. The second kappa shape index (κ2) is 6.14. The number of rotatable bonds is 3. The Morgan fingerprint density at radius 3 is 2.47 bits per heavy atom. The Hall–Kier alpha value is -0.740. The average Bonchev–Trinajstić information content (AvgIpc) is 2.38. The molecule has 1 nitrogen and oxygen atoms in total. The maximum absolute atomic E-state index is 12.5. The molecule has 1 unspecified atom stereocenters. The van der Waals surface area contributed by atoms with Gasteiger partial charge < -0.3 is 0 Å². The fourth-order valence-electron chi connectivity index (χ4n) is 2.48. The zero-order chi connectivity index (χ0) is 13.9. The molecule has 0 saturated carbocycles. The number of likely N-dealkylation sites (tertiary alicyclic amines) is 1. The van der Waals surface area contributed by atoms with Crippen molar-refractivity contribution < 1.29 is 13.2 Å². The van der Waals surface area contributed by atoms with Gasteiger partial charge in [0.2, 0.25) is 0 Å². The highest BCUT2D eigenvalue weighted by molar-refractivity contribution is 6.18. The van der Waals surface area contributed by atoms with Crippen LogP contribution in [-0.4, -0.2) is 23.9 Å². The van der Waals surface area contributed by atoms with Crippen molar-refractivity contribution in [1.29, 1.82) is 0 Å². The zero-order valence-corrected chi connectivity index (χ0v) is 11.3. The van der Waals surface area contributed by atoms with E-state index in [-0.39, 0.29) is 0 Å². The van der Waals surface area contributed by atoms with Crippen LogP contribution in [0.2, 0.25) is 0 Å². The summed E-state index contributed by atoms with van der Waals surface area (Å²) in [7, 11) is 0. The Kier molecular flexibility index (Phi) is 4.74. The van der Waals surface area contributed by atoms with Crippen molar-refractivity contribution in [3.8, 4) is 0 Å². The largest absolute Gasteiger partial charge is 0.416 e. The van der Waals surface area contributed by atoms with Crippen molar-refractivity contribution in [2.75, 3.05) is 19.0 Å². The molecule has 1 atom stereocenters. The summed E-state index contributed by atoms with van der Waals surface area (Å²) in [6.45, 7) is 2.63. The third-order valence-corrected chi connectivity index (χ3v) is 3.95. The van der Waals surface area contributed by atoms with Gasteiger partial charge in [-0.05, 0) is 43.0 Å². The molecule has 1 aliphatic heterocycles. The molecule has 19 heavy (non-hydrogen) atoms. The van der Waals surface area contributed by atoms with Crippen LogP contribution in [0.3, 0.4) is 0 Å². The van der Waals surface area contributed by atoms with Crippen LogP contribution in [0.1, 0.15) is 24.0 Å². The molecule has 1 aromatic carbocycles. The van der Waals surface area contributed by atoms with Crippen LogP contribution in [0.25, 0.3) is 0 Å². The fourth-order valence-corrected chi connectivity index (χ4v) is 2.73. The molecule has 0 aromatic heterocycles. The van der Waals surface area contributed by atoms with Gasteiger partial charge in [-0.3, -0.25) is 4.90 Å². The van der Waals surface area contributed by atoms with Crippen LogP contribution < -0.4 is 0 Å². The van der Waals surface area contributed by atoms with E-state index in [1.807, 2.05) is 0 Å². The summed E-state index contributed by atoms with van der Waals surface area (Å²) in [4.78, 5) is 2.26. The normalized spacial score (nSPS) is 21.6. The maximum atomic E-state index is 12.5. The highest BCUT2D eigenvalue weighted by atomic mass is 35.5. The first-order chi connectivity index (χ1) is 8.99. The standard InChI is InChI=1S/C14H17ClF3N/c15-8-12-2-1-7-19(10-12)9-11-3-5-13(6-4-11)14(16,17)18/h3-6,12H,1-2,7-10H2. The molecule has 1 saturated heterocycles. The summed E-state index contributed by atoms with van der Waals surface area (Å²) < 4.78 is 37.4. The van der Waals surface area contributed by atoms with Gasteiger partial charge >= 0.3 is 6.18 Å². The minimum atomic E-state index is -4.26. The zero-order valence-electron chi connectivity index (χ0n) is 10.6. The molecular weight excluding hydrogens is 275 g/mol. The van der Waals surface area contributed by atoms with Gasteiger partial charge in [-0.1, -0.05) is 12.1 Å². The van der Waals surface area contributed by atoms with Crippen molar-refractivity contribution >= 4 is 11.6 Å². The number of hydrogen-bond acceptors (Lipinski definition) is 1. The first kappa shape index (κ1) is 14.7. The average molecular weight is 292 g/mol. The first-order valence-electron chi connectivity index (χ1n) is 6.43. The molecule has 1 fully saturated rings. The van der Waals surface area contributed by atoms with Gasteiger partial charge in [0.05, 0.1) is 5.56 Å². The van der Waals surface area contributed by atoms with Crippen LogP contribution in [0.5, 0.6) is 0 Å². The summed E-state index contributed by atoms with van der Waals surface area (Å²) in [6.07, 6.45) is -2.00. The second-order valence-electron chi connectivity index (χ2n) is 5.09. The van der Waals surface area contributed by atoms with Crippen molar-refractivity contribution in [1.82, 2.24) is 4.90 Å². The van der Waals surface area contributed by atoms with E-state index in [1.165, 1.54) is 0 Å². The van der Waals surface area contributed by atoms with Crippen molar-refractivity contribution in [2.24, 2.45) is 5.92 Å². The van der Waals surface area contributed by atoms with Crippen molar-refractivity contribution in [3.05, 3.63) is 35.4 Å². The van der Waals surface area contributed by atoms with Gasteiger partial charge in [0.25, 0.3) is 0 Å². The van der Waals surface area contributed by atoms with E-state index in [1.54, 1.807) is 12.1 Å². The Bertz CT molecular complexity index is 402. The lowest BCUT2D eigenvalue weighted by atomic mass is 9.99. The minimum absolute atomic E-state index is 0.505. The van der Waals surface area contributed by atoms with Crippen molar-refractivity contribution in [3.63, 3.8) is 0 Å². The quantitative estimate of drug-likeness (QED) is 0.756. The Labute approximate surface area is 116 Å². The number of halogens is 4. The molecule has 0 N–H and O–H groups in total. The van der Waals surface area contributed by atoms with E-state index < -0.39 is 11.7 Å². The van der Waals surface area contributed by atoms with Crippen LogP contribution in [0.4, 0.5) is 13.2 Å². The predicted molar refractivity (Wildman–Crippen MR) is 70.2 cm³/mol. The number of hydrogen-bond donors (Lipinski definition) is 0. The van der Waals surface area contributed by atoms with Crippen LogP contribution >= 0.6 is 11.6 Å². The molecule has 0 spiro atoms. The summed E-state index contributed by atoms with van der Waals surface area (Å²) >= 11 is 5.87. The monoisotopic (exact) mass is 291 g/mol. The predicted octanol–water partition coefficient (Wildman–Crippen LogP) is 4.16. The highest BCUT2D eigenvalue weighted by Crippen LogP contribution is 2.29. The molecule has 1 aromatic rings. The summed E-state index contributed by atoms with van der Waals surface area (Å²) in [6, 6.07) is 5.43. The first-order valence-corrected chi connectivity index (χ1v) is 6.97. The number of alkyl halides is 4. The molecule has 0 radical (unpaired) electrons. The van der Waals surface area contributed by atoms with Crippen molar-refractivity contribution in [2.45, 2.75) is 25.6 Å². The Morgan fingerprint density at radius 2 is 1.89 bits per heavy atom. The SMILES string of the molecule is FC(F)(F)c1ccc(CN2CCCC(CCl)C2)cc1. The lowest BCUT2D eigenvalue weighted by Gasteiger charge is -2.31. The number of piperidine rings is 1. The van der Waals surface area contributed by atoms with E-state index in [9.17, 15) is 13.2 Å². The molecule has 0 aliphatic carbocycles. The van der Waals surface area contributed by atoms with E-state index in [0.29, 0.717) is 18.3 Å². The van der Waals surface area contributed by atoms with Gasteiger partial charge in [0, 0.05) is 19.0 Å². The number of nitrogens with zero attached hydrogens (tertiary/aromatic N) is 1. The van der Waals surface area contributed by atoms with Crippen LogP contribution in [-0.2, 0) is 12.7 Å². The summed E-state index contributed by atoms with van der Waals surface area (Å²) in [5.41, 5.74) is 0.330. The van der Waals surface area contributed by atoms with Gasteiger partial charge in [0.1, 0.15) is 0 Å². The Balaban J connectivity index is 1.96. The lowest BCUT2D eigenvalue weighted by Crippen LogP contribution is -2.35. The van der Waals surface area contributed by atoms with E-state index in [0.717, 1.165) is 43.6 Å². The second-order valence-corrected chi connectivity index (χ2v) is 5.40. The van der Waals surface area contributed by atoms with E-state index in [2.05, 4.69) is 4.90 Å². The minimum Gasteiger partial charge on any atom is -0.299 e. The van der Waals surface area contributed by atoms with Gasteiger partial charge in [-0.25, -0.2) is 0 Å². The molecule has 1 aliphatic rings. The third kappa shape index (κ3) is 4.11. The summed E-state index contributed by atoms with van der Waals surface area (Å²) in [5, 5.41) is 0.